The van der Waals surface area contributed by atoms with Crippen LogP contribution in [-0.2, 0) is 15.1 Å². The quantitative estimate of drug-likeness (QED) is 0.434. The van der Waals surface area contributed by atoms with Crippen LogP contribution in [0.3, 0.4) is 0 Å². The highest BCUT2D eigenvalue weighted by atomic mass is 35.5. The molecular formula is C19H16Cl2N2O4. The predicted molar refractivity (Wildman–Crippen MR) is 102 cm³/mol. The van der Waals surface area contributed by atoms with Gasteiger partial charge in [-0.15, -0.1) is 0 Å². The molecule has 3 rings (SSSR count). The van der Waals surface area contributed by atoms with Crippen molar-refractivity contribution >= 4 is 46.8 Å². The van der Waals surface area contributed by atoms with Crippen molar-refractivity contribution < 1.29 is 19.1 Å². The molecule has 0 bridgehead atoms. The van der Waals surface area contributed by atoms with Crippen LogP contribution in [-0.4, -0.2) is 29.9 Å². The number of rotatable bonds is 3. The largest absolute Gasteiger partial charge is 0.427 e. The number of hydrogen-bond donors (Lipinski definition) is 0. The van der Waals surface area contributed by atoms with Gasteiger partial charge < -0.3 is 9.64 Å². The van der Waals surface area contributed by atoms with Crippen molar-refractivity contribution in [2.45, 2.75) is 19.4 Å². The van der Waals surface area contributed by atoms with Crippen LogP contribution in [0.5, 0.6) is 5.75 Å². The Labute approximate surface area is 166 Å². The van der Waals surface area contributed by atoms with Gasteiger partial charge in [-0.3, -0.25) is 9.59 Å². The zero-order valence-corrected chi connectivity index (χ0v) is 16.3. The number of urea groups is 1. The minimum Gasteiger partial charge on any atom is -0.427 e. The third kappa shape index (κ3) is 3.15. The number of anilines is 1. The summed E-state index contributed by atoms with van der Waals surface area (Å²) in [5, 5.41) is 0.577. The number of carbonyl (C=O) groups excluding carboxylic acids is 3. The summed E-state index contributed by atoms with van der Waals surface area (Å²) in [6.07, 6.45) is 0. The van der Waals surface area contributed by atoms with Crippen LogP contribution in [0.25, 0.3) is 0 Å². The van der Waals surface area contributed by atoms with Gasteiger partial charge in [-0.2, -0.15) is 0 Å². The van der Waals surface area contributed by atoms with Gasteiger partial charge in [0.1, 0.15) is 11.3 Å². The molecule has 8 heteroatoms. The molecule has 2 aromatic rings. The molecular weight excluding hydrogens is 391 g/mol. The highest BCUT2D eigenvalue weighted by Crippen LogP contribution is 2.40. The van der Waals surface area contributed by atoms with Crippen molar-refractivity contribution in [2.75, 3.05) is 11.9 Å². The van der Waals surface area contributed by atoms with Gasteiger partial charge >= 0.3 is 12.0 Å². The highest BCUT2D eigenvalue weighted by Gasteiger charge is 2.54. The van der Waals surface area contributed by atoms with E-state index in [0.29, 0.717) is 22.0 Å². The number of nitrogens with zero attached hydrogens (tertiary/aromatic N) is 2. The summed E-state index contributed by atoms with van der Waals surface area (Å²) < 4.78 is 5.01. The zero-order chi connectivity index (χ0) is 19.9. The second kappa shape index (κ2) is 6.87. The fourth-order valence-corrected chi connectivity index (χ4v) is 3.26. The normalized spacial score (nSPS) is 19.6. The van der Waals surface area contributed by atoms with Crippen LogP contribution < -0.4 is 9.64 Å². The summed E-state index contributed by atoms with van der Waals surface area (Å²) >= 11 is 12.0. The summed E-state index contributed by atoms with van der Waals surface area (Å²) in [5.41, 5.74) is -0.300. The van der Waals surface area contributed by atoms with Gasteiger partial charge in [0, 0.05) is 14.0 Å². The lowest BCUT2D eigenvalue weighted by molar-refractivity contribution is -0.132. The monoisotopic (exact) mass is 406 g/mol. The first-order valence-corrected chi connectivity index (χ1v) is 8.78. The molecule has 140 valence electrons. The maximum absolute atomic E-state index is 13.2. The average Bonchev–Trinajstić information content (AvgIpc) is 2.79. The first kappa shape index (κ1) is 19.2. The van der Waals surface area contributed by atoms with Crippen LogP contribution in [0.2, 0.25) is 10.0 Å². The number of ether oxygens (including phenoxy) is 1. The Morgan fingerprint density at radius 3 is 2.22 bits per heavy atom. The van der Waals surface area contributed by atoms with Gasteiger partial charge in [0.2, 0.25) is 0 Å². The summed E-state index contributed by atoms with van der Waals surface area (Å²) in [6, 6.07) is 10.5. The molecule has 1 atom stereocenters. The molecule has 1 aliphatic rings. The van der Waals surface area contributed by atoms with Crippen molar-refractivity contribution in [1.29, 1.82) is 0 Å². The minimum atomic E-state index is -1.22. The van der Waals surface area contributed by atoms with Crippen molar-refractivity contribution in [3.63, 3.8) is 0 Å². The predicted octanol–water partition coefficient (Wildman–Crippen LogP) is 4.23. The Morgan fingerprint density at radius 2 is 1.67 bits per heavy atom. The van der Waals surface area contributed by atoms with E-state index in [1.165, 1.54) is 24.0 Å². The van der Waals surface area contributed by atoms with E-state index < -0.39 is 23.4 Å². The van der Waals surface area contributed by atoms with Crippen LogP contribution in [0.1, 0.15) is 19.4 Å². The maximum atomic E-state index is 13.2. The van der Waals surface area contributed by atoms with E-state index in [-0.39, 0.29) is 5.02 Å². The standard InChI is InChI=1S/C19H16Cl2N2O4/c1-11(24)27-14-7-4-12(5-8-14)19(2)17(25)23(18(26)22(19)3)13-6-9-15(20)16(21)10-13/h4-10H,1-3H3. The summed E-state index contributed by atoms with van der Waals surface area (Å²) in [5.74, 6) is -0.506. The first-order valence-electron chi connectivity index (χ1n) is 8.02. The van der Waals surface area contributed by atoms with Crippen LogP contribution >= 0.6 is 23.2 Å². The smallest absolute Gasteiger partial charge is 0.332 e. The van der Waals surface area contributed by atoms with E-state index in [9.17, 15) is 14.4 Å². The molecule has 6 nitrogen and oxygen atoms in total. The summed E-state index contributed by atoms with van der Waals surface area (Å²) in [4.78, 5) is 39.5. The zero-order valence-electron chi connectivity index (χ0n) is 14.8. The second-order valence-corrected chi connectivity index (χ2v) is 7.09. The molecule has 0 N–H and O–H groups in total. The lowest BCUT2D eigenvalue weighted by Gasteiger charge is -2.29. The molecule has 1 saturated heterocycles. The molecule has 1 fully saturated rings. The lowest BCUT2D eigenvalue weighted by Crippen LogP contribution is -2.42. The van der Waals surface area contributed by atoms with E-state index in [1.54, 1.807) is 44.3 Å². The van der Waals surface area contributed by atoms with E-state index in [2.05, 4.69) is 0 Å². The van der Waals surface area contributed by atoms with Crippen LogP contribution in [0, 0.1) is 0 Å². The first-order chi connectivity index (χ1) is 12.7. The lowest BCUT2D eigenvalue weighted by atomic mass is 9.90. The number of hydrogen-bond acceptors (Lipinski definition) is 4. The Kier molecular flexibility index (Phi) is 4.88. The topological polar surface area (TPSA) is 66.9 Å². The third-order valence-corrected chi connectivity index (χ3v) is 5.35. The number of imide groups is 1. The van der Waals surface area contributed by atoms with Gasteiger partial charge in [-0.1, -0.05) is 35.3 Å². The molecule has 27 heavy (non-hydrogen) atoms. The molecule has 1 unspecified atom stereocenters. The number of likely N-dealkylation sites (N-methyl/N-ethyl adjacent to an activating group) is 1. The number of carbonyl (C=O) groups is 3. The Morgan fingerprint density at radius 1 is 1.04 bits per heavy atom. The molecule has 3 amide bonds. The summed E-state index contributed by atoms with van der Waals surface area (Å²) in [7, 11) is 1.55. The van der Waals surface area contributed by atoms with E-state index in [0.717, 1.165) is 4.90 Å². The number of amides is 3. The molecule has 0 aromatic heterocycles. The Hall–Kier alpha value is -2.57. The number of halogens is 2. The average molecular weight is 407 g/mol. The fourth-order valence-electron chi connectivity index (χ4n) is 2.97. The molecule has 1 aliphatic heterocycles. The Balaban J connectivity index is 2.00. The SMILES string of the molecule is CC(=O)Oc1ccc(C2(C)C(=O)N(c3ccc(Cl)c(Cl)c3)C(=O)N2C)cc1. The fraction of sp³-hybridized carbons (Fsp3) is 0.211. The minimum absolute atomic E-state index is 0.247. The summed E-state index contributed by atoms with van der Waals surface area (Å²) in [6.45, 7) is 2.96. The van der Waals surface area contributed by atoms with Crippen molar-refractivity contribution in [1.82, 2.24) is 4.90 Å². The molecule has 0 saturated carbocycles. The van der Waals surface area contributed by atoms with Gasteiger partial charge in [0.15, 0.2) is 0 Å². The maximum Gasteiger partial charge on any atom is 0.332 e. The van der Waals surface area contributed by atoms with Crippen molar-refractivity contribution in [2.24, 2.45) is 0 Å². The van der Waals surface area contributed by atoms with Gasteiger partial charge in [-0.05, 0) is 42.8 Å². The molecule has 0 radical (unpaired) electrons. The molecule has 2 aromatic carbocycles. The van der Waals surface area contributed by atoms with E-state index in [4.69, 9.17) is 27.9 Å². The molecule has 0 spiro atoms. The van der Waals surface area contributed by atoms with E-state index >= 15 is 0 Å². The number of benzene rings is 2. The molecule has 0 aliphatic carbocycles. The number of esters is 1. The van der Waals surface area contributed by atoms with Gasteiger partial charge in [0.05, 0.1) is 15.7 Å². The molecule has 1 heterocycles. The second-order valence-electron chi connectivity index (χ2n) is 6.27. The Bertz CT molecular complexity index is 945. The van der Waals surface area contributed by atoms with Gasteiger partial charge in [0.25, 0.3) is 5.91 Å². The highest BCUT2D eigenvalue weighted by molar-refractivity contribution is 6.42. The van der Waals surface area contributed by atoms with E-state index in [1.807, 2.05) is 0 Å². The van der Waals surface area contributed by atoms with Crippen molar-refractivity contribution in [3.05, 3.63) is 58.1 Å². The van der Waals surface area contributed by atoms with Crippen molar-refractivity contribution in [3.8, 4) is 5.75 Å². The third-order valence-electron chi connectivity index (χ3n) is 4.61. The van der Waals surface area contributed by atoms with Crippen LogP contribution in [0.15, 0.2) is 42.5 Å². The van der Waals surface area contributed by atoms with Crippen LogP contribution in [0.4, 0.5) is 10.5 Å². The van der Waals surface area contributed by atoms with Gasteiger partial charge in [-0.25, -0.2) is 9.69 Å².